The molecule has 0 radical (unpaired) electrons. The van der Waals surface area contributed by atoms with Gasteiger partial charge in [0.1, 0.15) is 4.32 Å². The molecule has 2 nitrogen and oxygen atoms in total. The van der Waals surface area contributed by atoms with Crippen LogP contribution in [-0.2, 0) is 4.79 Å². The Morgan fingerprint density at radius 2 is 1.94 bits per heavy atom. The molecule has 0 unspecified atom stereocenters. The number of anilines is 1. The van der Waals surface area contributed by atoms with Gasteiger partial charge in [-0.2, -0.15) is 0 Å². The van der Waals surface area contributed by atoms with Gasteiger partial charge in [-0.3, -0.25) is 9.69 Å². The first kappa shape index (κ1) is 12.4. The number of thiocarbonyl (C=S) groups is 1. The average molecular weight is 277 g/mol. The van der Waals surface area contributed by atoms with Gasteiger partial charge in [0.2, 0.25) is 5.91 Å². The normalized spacial score (nSPS) is 16.5. The van der Waals surface area contributed by atoms with Crippen molar-refractivity contribution in [3.05, 3.63) is 29.6 Å². The maximum atomic E-state index is 13.5. The average Bonchev–Trinajstić information content (AvgIpc) is 2.29. The second-order valence-electron chi connectivity index (χ2n) is 3.29. The molecule has 0 aliphatic carbocycles. The van der Waals surface area contributed by atoms with Crippen molar-refractivity contribution in [2.45, 2.75) is 6.42 Å². The van der Waals surface area contributed by atoms with Crippen molar-refractivity contribution in [3.63, 3.8) is 0 Å². The Hall–Kier alpha value is -1.08. The topological polar surface area (TPSA) is 20.3 Å². The van der Waals surface area contributed by atoms with Gasteiger partial charge in [-0.1, -0.05) is 24.0 Å². The highest BCUT2D eigenvalue weighted by molar-refractivity contribution is 8.23. The highest BCUT2D eigenvalue weighted by Crippen LogP contribution is 2.29. The van der Waals surface area contributed by atoms with E-state index in [1.807, 2.05) is 0 Å². The van der Waals surface area contributed by atoms with Gasteiger partial charge in [-0.05, 0) is 12.1 Å². The van der Waals surface area contributed by atoms with Crippen molar-refractivity contribution in [1.82, 2.24) is 0 Å². The molecule has 1 amide bonds. The Balaban J connectivity index is 2.49. The van der Waals surface area contributed by atoms with E-state index in [-0.39, 0.29) is 16.4 Å². The summed E-state index contributed by atoms with van der Waals surface area (Å²) in [6.45, 7) is 0. The minimum absolute atomic E-state index is 0.145. The molecular weight excluding hydrogens is 271 g/mol. The van der Waals surface area contributed by atoms with Gasteiger partial charge in [0.05, 0.1) is 5.69 Å². The number of nitrogens with zero attached hydrogens (tertiary/aromatic N) is 1. The summed E-state index contributed by atoms with van der Waals surface area (Å²) < 4.78 is 39.5. The molecular formula is C10H6F3NOS2. The number of rotatable bonds is 1. The van der Waals surface area contributed by atoms with Gasteiger partial charge in [-0.25, -0.2) is 13.2 Å². The van der Waals surface area contributed by atoms with Gasteiger partial charge in [0, 0.05) is 12.2 Å². The van der Waals surface area contributed by atoms with Crippen LogP contribution in [0, 0.1) is 17.5 Å². The third kappa shape index (κ3) is 2.16. The van der Waals surface area contributed by atoms with Crippen LogP contribution in [0.4, 0.5) is 18.9 Å². The second-order valence-corrected chi connectivity index (χ2v) is 5.02. The van der Waals surface area contributed by atoms with Crippen molar-refractivity contribution >= 4 is 39.9 Å². The zero-order valence-electron chi connectivity index (χ0n) is 8.37. The molecule has 1 aromatic rings. The molecule has 1 saturated heterocycles. The monoisotopic (exact) mass is 277 g/mol. The van der Waals surface area contributed by atoms with E-state index in [0.717, 1.165) is 17.0 Å². The van der Waals surface area contributed by atoms with E-state index in [9.17, 15) is 18.0 Å². The lowest BCUT2D eigenvalue weighted by Gasteiger charge is -2.27. The number of thioether (sulfide) groups is 1. The van der Waals surface area contributed by atoms with Crippen molar-refractivity contribution in [2.24, 2.45) is 0 Å². The highest BCUT2D eigenvalue weighted by Gasteiger charge is 2.29. The first-order chi connectivity index (χ1) is 8.02. The summed E-state index contributed by atoms with van der Waals surface area (Å²) in [4.78, 5) is 12.5. The fourth-order valence-electron chi connectivity index (χ4n) is 1.42. The Labute approximate surface area is 105 Å². The number of carbonyl (C=O) groups excluding carboxylic acids is 1. The maximum Gasteiger partial charge on any atom is 0.233 e. The van der Waals surface area contributed by atoms with Gasteiger partial charge in [-0.15, -0.1) is 0 Å². The zero-order chi connectivity index (χ0) is 12.6. The molecule has 7 heteroatoms. The van der Waals surface area contributed by atoms with Crippen LogP contribution in [0.1, 0.15) is 6.42 Å². The molecule has 0 bridgehead atoms. The van der Waals surface area contributed by atoms with Gasteiger partial charge < -0.3 is 0 Å². The third-order valence-electron chi connectivity index (χ3n) is 2.23. The smallest absolute Gasteiger partial charge is 0.233 e. The summed E-state index contributed by atoms with van der Waals surface area (Å²) in [5.74, 6) is -4.20. The van der Waals surface area contributed by atoms with Crippen LogP contribution in [0.2, 0.25) is 0 Å². The highest BCUT2D eigenvalue weighted by atomic mass is 32.2. The molecule has 1 aliphatic rings. The van der Waals surface area contributed by atoms with Crippen LogP contribution in [0.5, 0.6) is 0 Å². The van der Waals surface area contributed by atoms with Crippen LogP contribution < -0.4 is 4.90 Å². The van der Waals surface area contributed by atoms with Gasteiger partial charge >= 0.3 is 0 Å². The second kappa shape index (κ2) is 4.66. The summed E-state index contributed by atoms with van der Waals surface area (Å²) >= 11 is 6.10. The Kier molecular flexibility index (Phi) is 3.39. The van der Waals surface area contributed by atoms with E-state index < -0.39 is 23.4 Å². The van der Waals surface area contributed by atoms with Crippen molar-refractivity contribution in [3.8, 4) is 0 Å². The molecule has 0 spiro atoms. The van der Waals surface area contributed by atoms with Crippen molar-refractivity contribution in [1.29, 1.82) is 0 Å². The summed E-state index contributed by atoms with van der Waals surface area (Å²) in [6.07, 6.45) is 0.184. The van der Waals surface area contributed by atoms with Gasteiger partial charge in [0.25, 0.3) is 0 Å². The molecule has 17 heavy (non-hydrogen) atoms. The molecule has 90 valence electrons. The molecule has 2 rings (SSSR count). The van der Waals surface area contributed by atoms with Crippen LogP contribution in [0.15, 0.2) is 12.1 Å². The quantitative estimate of drug-likeness (QED) is 0.581. The van der Waals surface area contributed by atoms with Gasteiger partial charge in [0.15, 0.2) is 17.5 Å². The molecule has 0 N–H and O–H groups in total. The summed E-state index contributed by atoms with van der Waals surface area (Å²) in [6, 6.07) is 1.77. The van der Waals surface area contributed by atoms with Crippen LogP contribution in [0.3, 0.4) is 0 Å². The number of hydrogen-bond donors (Lipinski definition) is 0. The van der Waals surface area contributed by atoms with Crippen molar-refractivity contribution in [2.75, 3.05) is 10.7 Å². The fraction of sp³-hybridized carbons (Fsp3) is 0.200. The third-order valence-corrected chi connectivity index (χ3v) is 3.60. The summed E-state index contributed by atoms with van der Waals surface area (Å²) in [7, 11) is 0. The van der Waals surface area contributed by atoms with E-state index >= 15 is 0 Å². The predicted molar refractivity (Wildman–Crippen MR) is 63.5 cm³/mol. The molecule has 0 aromatic heterocycles. The largest absolute Gasteiger partial charge is 0.274 e. The Bertz CT molecular complexity index is 491. The first-order valence-corrected chi connectivity index (χ1v) is 6.05. The lowest BCUT2D eigenvalue weighted by molar-refractivity contribution is -0.117. The fourth-order valence-corrected chi connectivity index (χ4v) is 2.66. The predicted octanol–water partition coefficient (Wildman–Crippen LogP) is 2.86. The molecule has 1 aromatic carbocycles. The molecule has 0 atom stereocenters. The number of carbonyl (C=O) groups is 1. The minimum Gasteiger partial charge on any atom is -0.274 e. The SMILES string of the molecule is O=C1CCSC(=S)N1c1ccc(F)c(F)c1F. The summed E-state index contributed by atoms with van der Waals surface area (Å²) in [5.41, 5.74) is -0.342. The number of halogens is 3. The number of hydrogen-bond acceptors (Lipinski definition) is 3. The van der Waals surface area contributed by atoms with Crippen LogP contribution in [0.25, 0.3) is 0 Å². The lowest BCUT2D eigenvalue weighted by atomic mass is 10.2. The number of amides is 1. The maximum absolute atomic E-state index is 13.5. The Morgan fingerprint density at radius 3 is 2.59 bits per heavy atom. The van der Waals surface area contributed by atoms with E-state index in [0.29, 0.717) is 5.75 Å². The van der Waals surface area contributed by atoms with E-state index in [4.69, 9.17) is 12.2 Å². The summed E-state index contributed by atoms with van der Waals surface area (Å²) in [5, 5.41) is 0. The molecule has 1 fully saturated rings. The first-order valence-electron chi connectivity index (χ1n) is 4.65. The van der Waals surface area contributed by atoms with E-state index in [1.54, 1.807) is 0 Å². The molecule has 1 aliphatic heterocycles. The zero-order valence-corrected chi connectivity index (χ0v) is 10.0. The van der Waals surface area contributed by atoms with Crippen molar-refractivity contribution < 1.29 is 18.0 Å². The molecule has 1 heterocycles. The molecule has 0 saturated carbocycles. The minimum atomic E-state index is -1.60. The van der Waals surface area contributed by atoms with Crippen LogP contribution in [-0.4, -0.2) is 16.0 Å². The standard InChI is InChI=1S/C10H6F3NOS2/c11-5-1-2-6(9(13)8(5)12)14-7(15)3-4-17-10(14)16/h1-2H,3-4H2. The van der Waals surface area contributed by atoms with E-state index in [1.165, 1.54) is 11.8 Å². The lowest BCUT2D eigenvalue weighted by Crippen LogP contribution is -2.38. The Morgan fingerprint density at radius 1 is 1.24 bits per heavy atom. The van der Waals surface area contributed by atoms with E-state index in [2.05, 4.69) is 0 Å². The number of benzene rings is 1. The van der Waals surface area contributed by atoms with Crippen LogP contribution >= 0.6 is 24.0 Å².